The highest BCUT2D eigenvalue weighted by Gasteiger charge is 2.31. The molecule has 0 radical (unpaired) electrons. The number of thiocarbonyl (C=S) groups is 1. The molecule has 0 saturated carbocycles. The zero-order chi connectivity index (χ0) is 14.9. The molecule has 1 fully saturated rings. The standard InChI is InChI=1S/C14H13N3OS2/c1-4-5-17-13(18)12(20-14(17)19)7-10-6-11(8-15)16(3)9(10)2/h4,6-7H,1,5H2,2-3H3/b12-7+. The summed E-state index contributed by atoms with van der Waals surface area (Å²) in [6.07, 6.45) is 3.44. The van der Waals surface area contributed by atoms with Crippen LogP contribution in [0.4, 0.5) is 0 Å². The Balaban J connectivity index is 2.38. The van der Waals surface area contributed by atoms with Crippen LogP contribution in [-0.2, 0) is 11.8 Å². The number of carbonyl (C=O) groups excluding carboxylic acids is 1. The number of nitrogens with zero attached hydrogens (tertiary/aromatic N) is 3. The minimum atomic E-state index is -0.110. The number of nitriles is 1. The summed E-state index contributed by atoms with van der Waals surface area (Å²) in [4.78, 5) is 14.3. The number of hydrogen-bond acceptors (Lipinski definition) is 4. The average molecular weight is 303 g/mol. The largest absolute Gasteiger partial charge is 0.339 e. The van der Waals surface area contributed by atoms with Crippen molar-refractivity contribution in [3.63, 3.8) is 0 Å². The number of thioether (sulfide) groups is 1. The van der Waals surface area contributed by atoms with Crippen LogP contribution in [0.1, 0.15) is 17.0 Å². The molecular weight excluding hydrogens is 290 g/mol. The molecule has 6 heteroatoms. The van der Waals surface area contributed by atoms with E-state index < -0.39 is 0 Å². The van der Waals surface area contributed by atoms with Crippen molar-refractivity contribution in [1.29, 1.82) is 5.26 Å². The van der Waals surface area contributed by atoms with Crippen molar-refractivity contribution in [3.05, 3.63) is 40.6 Å². The Morgan fingerprint density at radius 1 is 1.60 bits per heavy atom. The molecule has 2 heterocycles. The molecule has 0 aliphatic carbocycles. The second-order valence-corrected chi connectivity index (χ2v) is 6.00. The Kier molecular flexibility index (Phi) is 4.12. The second kappa shape index (κ2) is 5.65. The van der Waals surface area contributed by atoms with Crippen molar-refractivity contribution in [1.82, 2.24) is 9.47 Å². The predicted molar refractivity (Wildman–Crippen MR) is 84.9 cm³/mol. The zero-order valence-corrected chi connectivity index (χ0v) is 12.8. The minimum absolute atomic E-state index is 0.110. The summed E-state index contributed by atoms with van der Waals surface area (Å²) in [5.41, 5.74) is 2.37. The van der Waals surface area contributed by atoms with E-state index in [0.717, 1.165) is 11.3 Å². The molecule has 1 saturated heterocycles. The highest BCUT2D eigenvalue weighted by atomic mass is 32.2. The van der Waals surface area contributed by atoms with Gasteiger partial charge in [0.1, 0.15) is 16.1 Å². The Hall–Kier alpha value is -1.84. The van der Waals surface area contributed by atoms with Crippen LogP contribution in [0, 0.1) is 18.3 Å². The van der Waals surface area contributed by atoms with Gasteiger partial charge in [0.25, 0.3) is 5.91 Å². The van der Waals surface area contributed by atoms with Gasteiger partial charge in [-0.25, -0.2) is 0 Å². The fraction of sp³-hybridized carbons (Fsp3) is 0.214. The van der Waals surface area contributed by atoms with Gasteiger partial charge in [0.05, 0.1) is 4.91 Å². The lowest BCUT2D eigenvalue weighted by molar-refractivity contribution is -0.121. The van der Waals surface area contributed by atoms with E-state index in [1.807, 2.05) is 14.0 Å². The first kappa shape index (κ1) is 14.6. The number of hydrogen-bond donors (Lipinski definition) is 0. The van der Waals surface area contributed by atoms with E-state index in [1.54, 1.807) is 22.8 Å². The molecule has 1 aromatic heterocycles. The molecular formula is C14H13N3OS2. The van der Waals surface area contributed by atoms with Crippen LogP contribution in [-0.4, -0.2) is 26.2 Å². The van der Waals surface area contributed by atoms with E-state index in [0.29, 0.717) is 21.5 Å². The first-order chi connectivity index (χ1) is 9.49. The number of carbonyl (C=O) groups is 1. The van der Waals surface area contributed by atoms with Gasteiger partial charge in [0.15, 0.2) is 0 Å². The van der Waals surface area contributed by atoms with Crippen molar-refractivity contribution in [2.24, 2.45) is 7.05 Å². The molecule has 0 atom stereocenters. The van der Waals surface area contributed by atoms with Gasteiger partial charge < -0.3 is 4.57 Å². The number of rotatable bonds is 3. The van der Waals surface area contributed by atoms with Crippen LogP contribution in [0.2, 0.25) is 0 Å². The highest BCUT2D eigenvalue weighted by molar-refractivity contribution is 8.26. The van der Waals surface area contributed by atoms with E-state index in [2.05, 4.69) is 12.6 Å². The number of amides is 1. The highest BCUT2D eigenvalue weighted by Crippen LogP contribution is 2.33. The molecule has 0 bridgehead atoms. The van der Waals surface area contributed by atoms with Crippen molar-refractivity contribution >= 4 is 40.3 Å². The fourth-order valence-corrected chi connectivity index (χ4v) is 3.17. The summed E-state index contributed by atoms with van der Waals surface area (Å²) in [6.45, 7) is 5.95. The van der Waals surface area contributed by atoms with Crippen molar-refractivity contribution in [2.75, 3.05) is 6.54 Å². The van der Waals surface area contributed by atoms with Crippen molar-refractivity contribution < 1.29 is 4.79 Å². The molecule has 1 amide bonds. The summed E-state index contributed by atoms with van der Waals surface area (Å²) >= 11 is 6.46. The molecule has 2 rings (SSSR count). The van der Waals surface area contributed by atoms with Gasteiger partial charge >= 0.3 is 0 Å². The van der Waals surface area contributed by atoms with Crippen LogP contribution in [0.25, 0.3) is 6.08 Å². The van der Waals surface area contributed by atoms with E-state index in [4.69, 9.17) is 17.5 Å². The van der Waals surface area contributed by atoms with Gasteiger partial charge in [0.2, 0.25) is 0 Å². The van der Waals surface area contributed by atoms with Gasteiger partial charge in [-0.15, -0.1) is 6.58 Å². The maximum atomic E-state index is 12.2. The van der Waals surface area contributed by atoms with Crippen LogP contribution < -0.4 is 0 Å². The molecule has 0 unspecified atom stereocenters. The third-order valence-corrected chi connectivity index (χ3v) is 4.54. The maximum absolute atomic E-state index is 12.2. The fourth-order valence-electron chi connectivity index (χ4n) is 1.90. The van der Waals surface area contributed by atoms with E-state index >= 15 is 0 Å². The number of aromatic nitrogens is 1. The van der Waals surface area contributed by atoms with Gasteiger partial charge in [-0.3, -0.25) is 9.69 Å². The van der Waals surface area contributed by atoms with E-state index in [-0.39, 0.29) is 5.91 Å². The maximum Gasteiger partial charge on any atom is 0.266 e. The van der Waals surface area contributed by atoms with Crippen molar-refractivity contribution in [3.8, 4) is 6.07 Å². The normalized spacial score (nSPS) is 16.9. The lowest BCUT2D eigenvalue weighted by Gasteiger charge is -2.10. The molecule has 0 aromatic carbocycles. The van der Waals surface area contributed by atoms with Crippen molar-refractivity contribution in [2.45, 2.75) is 6.92 Å². The van der Waals surface area contributed by atoms with Gasteiger partial charge in [-0.2, -0.15) is 5.26 Å². The third kappa shape index (κ3) is 2.42. The van der Waals surface area contributed by atoms with E-state index in [1.165, 1.54) is 16.7 Å². The molecule has 1 aliphatic heterocycles. The van der Waals surface area contributed by atoms with Gasteiger partial charge in [0, 0.05) is 19.3 Å². The Morgan fingerprint density at radius 3 is 2.85 bits per heavy atom. The summed E-state index contributed by atoms with van der Waals surface area (Å²) in [7, 11) is 1.83. The van der Waals surface area contributed by atoms with Crippen LogP contribution >= 0.6 is 24.0 Å². The second-order valence-electron chi connectivity index (χ2n) is 4.32. The lowest BCUT2D eigenvalue weighted by atomic mass is 10.2. The molecule has 1 aliphatic rings. The topological polar surface area (TPSA) is 49.0 Å². The zero-order valence-electron chi connectivity index (χ0n) is 11.2. The van der Waals surface area contributed by atoms with E-state index in [9.17, 15) is 4.79 Å². The SMILES string of the molecule is C=CCN1C(=O)/C(=C\c2cc(C#N)n(C)c2C)SC1=S. The van der Waals surface area contributed by atoms with Gasteiger partial charge in [-0.1, -0.05) is 30.1 Å². The van der Waals surface area contributed by atoms with Crippen LogP contribution in [0.3, 0.4) is 0 Å². The minimum Gasteiger partial charge on any atom is -0.339 e. The average Bonchev–Trinajstić information content (AvgIpc) is 2.84. The Bertz CT molecular complexity index is 679. The molecule has 4 nitrogen and oxygen atoms in total. The third-order valence-electron chi connectivity index (χ3n) is 3.16. The first-order valence-electron chi connectivity index (χ1n) is 5.92. The summed E-state index contributed by atoms with van der Waals surface area (Å²) in [5.74, 6) is -0.110. The summed E-state index contributed by atoms with van der Waals surface area (Å²) in [6, 6.07) is 3.90. The Morgan fingerprint density at radius 2 is 2.30 bits per heavy atom. The molecule has 0 spiro atoms. The molecule has 102 valence electrons. The predicted octanol–water partition coefficient (Wildman–Crippen LogP) is 2.59. The Labute approximate surface area is 127 Å². The van der Waals surface area contributed by atoms with Crippen LogP contribution in [0.15, 0.2) is 23.6 Å². The lowest BCUT2D eigenvalue weighted by Crippen LogP contribution is -2.27. The molecule has 1 aromatic rings. The summed E-state index contributed by atoms with van der Waals surface area (Å²) < 4.78 is 2.34. The molecule has 0 N–H and O–H groups in total. The van der Waals surface area contributed by atoms with Gasteiger partial charge in [-0.05, 0) is 24.6 Å². The quantitative estimate of drug-likeness (QED) is 0.489. The monoisotopic (exact) mass is 303 g/mol. The first-order valence-corrected chi connectivity index (χ1v) is 7.14. The smallest absolute Gasteiger partial charge is 0.266 e. The van der Waals surface area contributed by atoms with Crippen LogP contribution in [0.5, 0.6) is 0 Å². The molecule has 20 heavy (non-hydrogen) atoms. The summed E-state index contributed by atoms with van der Waals surface area (Å²) in [5, 5.41) is 9.02.